The first kappa shape index (κ1) is 13.4. The van der Waals surface area contributed by atoms with E-state index in [-0.39, 0.29) is 0 Å². The van der Waals surface area contributed by atoms with Crippen LogP contribution in [0.25, 0.3) is 0 Å². The highest BCUT2D eigenvalue weighted by Gasteiger charge is 2.06. The van der Waals surface area contributed by atoms with E-state index < -0.39 is 0 Å². The van der Waals surface area contributed by atoms with E-state index in [1.807, 2.05) is 0 Å². The number of rotatable bonds is 8. The van der Waals surface area contributed by atoms with Gasteiger partial charge in [0, 0.05) is 26.6 Å². The molecular weight excluding hydrogens is 176 g/mol. The van der Waals surface area contributed by atoms with E-state index in [0.717, 1.165) is 32.7 Å². The normalized spacial score (nSPS) is 10.9. The number of methoxy groups -OCH3 is 1. The van der Waals surface area contributed by atoms with Gasteiger partial charge in [0.15, 0.2) is 0 Å². The molecule has 0 aliphatic heterocycles. The highest BCUT2D eigenvalue weighted by molar-refractivity contribution is 4.70. The molecule has 0 aliphatic rings. The molecule has 14 heavy (non-hydrogen) atoms. The van der Waals surface area contributed by atoms with Crippen LogP contribution in [0.3, 0.4) is 0 Å². The predicted octanol–water partition coefficient (Wildman–Crippen LogP) is 1.89. The molecule has 0 fully saturated rings. The second-order valence-electron chi connectivity index (χ2n) is 3.95. The van der Waals surface area contributed by atoms with Crippen molar-refractivity contribution >= 4 is 0 Å². The van der Waals surface area contributed by atoms with Gasteiger partial charge in [-0.05, 0) is 18.9 Å². The number of nitrogens with zero attached hydrogens (tertiary/aromatic N) is 2. The van der Waals surface area contributed by atoms with Crippen molar-refractivity contribution in [3.63, 3.8) is 0 Å². The predicted molar refractivity (Wildman–Crippen MR) is 58.0 cm³/mol. The minimum Gasteiger partial charge on any atom is -0.383 e. The third-order valence-corrected chi connectivity index (χ3v) is 2.00. The van der Waals surface area contributed by atoms with Crippen LogP contribution in [-0.2, 0) is 4.74 Å². The van der Waals surface area contributed by atoms with Crippen molar-refractivity contribution in [2.24, 2.45) is 5.92 Å². The number of nitriles is 1. The Bertz CT molecular complexity index is 163. The molecule has 0 radical (unpaired) electrons. The molecule has 0 spiro atoms. The fourth-order valence-corrected chi connectivity index (χ4v) is 1.41. The third kappa shape index (κ3) is 8.03. The van der Waals surface area contributed by atoms with Crippen LogP contribution in [0.15, 0.2) is 0 Å². The Hall–Kier alpha value is -0.590. The maximum absolute atomic E-state index is 8.44. The largest absolute Gasteiger partial charge is 0.383 e. The van der Waals surface area contributed by atoms with Crippen molar-refractivity contribution in [1.29, 1.82) is 5.26 Å². The van der Waals surface area contributed by atoms with Crippen molar-refractivity contribution in [1.82, 2.24) is 4.90 Å². The lowest BCUT2D eigenvalue weighted by Crippen LogP contribution is -2.31. The average Bonchev–Trinajstić information content (AvgIpc) is 2.13. The first-order valence-electron chi connectivity index (χ1n) is 5.29. The summed E-state index contributed by atoms with van der Waals surface area (Å²) in [6.07, 6.45) is 1.62. The van der Waals surface area contributed by atoms with Crippen LogP contribution in [0.1, 0.15) is 26.7 Å². The van der Waals surface area contributed by atoms with Crippen LogP contribution in [0.4, 0.5) is 0 Å². The Kier molecular flexibility index (Phi) is 8.61. The van der Waals surface area contributed by atoms with Gasteiger partial charge >= 0.3 is 0 Å². The van der Waals surface area contributed by atoms with E-state index in [9.17, 15) is 0 Å². The number of ether oxygens (including phenoxy) is 1. The van der Waals surface area contributed by atoms with Gasteiger partial charge in [0.2, 0.25) is 0 Å². The van der Waals surface area contributed by atoms with Gasteiger partial charge in [0.1, 0.15) is 0 Å². The van der Waals surface area contributed by atoms with Gasteiger partial charge in [-0.25, -0.2) is 0 Å². The van der Waals surface area contributed by atoms with Crippen molar-refractivity contribution in [3.8, 4) is 6.07 Å². The quantitative estimate of drug-likeness (QED) is 0.559. The molecule has 0 aromatic heterocycles. The van der Waals surface area contributed by atoms with Gasteiger partial charge in [-0.15, -0.1) is 0 Å². The molecule has 0 amide bonds. The molecule has 0 saturated carbocycles. The molecule has 0 aromatic carbocycles. The van der Waals surface area contributed by atoms with Crippen LogP contribution >= 0.6 is 0 Å². The first-order valence-corrected chi connectivity index (χ1v) is 5.29. The summed E-state index contributed by atoms with van der Waals surface area (Å²) in [4.78, 5) is 2.37. The van der Waals surface area contributed by atoms with Gasteiger partial charge in [-0.1, -0.05) is 13.8 Å². The summed E-state index contributed by atoms with van der Waals surface area (Å²) in [6, 6.07) is 2.17. The maximum atomic E-state index is 8.44. The van der Waals surface area contributed by atoms with Crippen LogP contribution in [0.2, 0.25) is 0 Å². The highest BCUT2D eigenvalue weighted by atomic mass is 16.5. The first-order chi connectivity index (χ1) is 6.70. The van der Waals surface area contributed by atoms with Crippen LogP contribution < -0.4 is 0 Å². The number of unbranched alkanes of at least 4 members (excludes halogenated alkanes) is 1. The molecule has 3 heteroatoms. The second-order valence-corrected chi connectivity index (χ2v) is 3.95. The summed E-state index contributed by atoms with van der Waals surface area (Å²) in [5.41, 5.74) is 0. The Labute approximate surface area is 87.7 Å². The van der Waals surface area contributed by atoms with Gasteiger partial charge in [0.05, 0.1) is 12.7 Å². The summed E-state index contributed by atoms with van der Waals surface area (Å²) in [6.45, 7) is 8.28. The summed E-state index contributed by atoms with van der Waals surface area (Å²) in [7, 11) is 1.73. The van der Waals surface area contributed by atoms with Crippen LogP contribution in [0, 0.1) is 17.2 Å². The fourth-order valence-electron chi connectivity index (χ4n) is 1.41. The molecule has 82 valence electrons. The maximum Gasteiger partial charge on any atom is 0.0622 e. The van der Waals surface area contributed by atoms with Gasteiger partial charge in [0.25, 0.3) is 0 Å². The monoisotopic (exact) mass is 198 g/mol. The molecule has 0 aliphatic carbocycles. The van der Waals surface area contributed by atoms with Crippen molar-refractivity contribution in [3.05, 3.63) is 0 Å². The van der Waals surface area contributed by atoms with Crippen molar-refractivity contribution in [2.45, 2.75) is 26.7 Å². The molecule has 0 aromatic rings. The summed E-state index contributed by atoms with van der Waals surface area (Å²) in [5, 5.41) is 8.44. The smallest absolute Gasteiger partial charge is 0.0622 e. The standard InChI is InChI=1S/C11H22N2O/c1-11(2)10-13(8-9-14-3)7-5-4-6-12/h11H,4-5,7-10H2,1-3H3. The zero-order valence-electron chi connectivity index (χ0n) is 9.62. The van der Waals surface area contributed by atoms with E-state index in [1.54, 1.807) is 7.11 Å². The summed E-state index contributed by atoms with van der Waals surface area (Å²) in [5.74, 6) is 0.675. The molecule has 0 N–H and O–H groups in total. The molecule has 0 saturated heterocycles. The van der Waals surface area contributed by atoms with E-state index in [2.05, 4.69) is 24.8 Å². The minimum atomic E-state index is 0.654. The van der Waals surface area contributed by atoms with Gasteiger partial charge < -0.3 is 9.64 Å². The topological polar surface area (TPSA) is 36.3 Å². The lowest BCUT2D eigenvalue weighted by Gasteiger charge is -2.23. The molecule has 0 heterocycles. The van der Waals surface area contributed by atoms with Crippen LogP contribution in [0.5, 0.6) is 0 Å². The van der Waals surface area contributed by atoms with Gasteiger partial charge in [-0.3, -0.25) is 0 Å². The van der Waals surface area contributed by atoms with E-state index >= 15 is 0 Å². The Morgan fingerprint density at radius 1 is 1.36 bits per heavy atom. The average molecular weight is 198 g/mol. The van der Waals surface area contributed by atoms with E-state index in [1.165, 1.54) is 0 Å². The Morgan fingerprint density at radius 3 is 2.57 bits per heavy atom. The lowest BCUT2D eigenvalue weighted by molar-refractivity contribution is 0.139. The molecule has 3 nitrogen and oxygen atoms in total. The van der Waals surface area contributed by atoms with Crippen LogP contribution in [-0.4, -0.2) is 38.3 Å². The fraction of sp³-hybridized carbons (Fsp3) is 0.909. The Morgan fingerprint density at radius 2 is 2.07 bits per heavy atom. The van der Waals surface area contributed by atoms with Crippen molar-refractivity contribution < 1.29 is 4.74 Å². The number of hydrogen-bond donors (Lipinski definition) is 0. The molecular formula is C11H22N2O. The SMILES string of the molecule is COCCN(CCCC#N)CC(C)C. The zero-order chi connectivity index (χ0) is 10.8. The molecule has 0 unspecified atom stereocenters. The third-order valence-electron chi connectivity index (χ3n) is 2.00. The Balaban J connectivity index is 3.67. The second kappa shape index (κ2) is 8.98. The van der Waals surface area contributed by atoms with Gasteiger partial charge in [-0.2, -0.15) is 5.26 Å². The lowest BCUT2D eigenvalue weighted by atomic mass is 10.2. The highest BCUT2D eigenvalue weighted by Crippen LogP contribution is 2.01. The van der Waals surface area contributed by atoms with E-state index in [0.29, 0.717) is 12.3 Å². The molecule has 0 atom stereocenters. The molecule has 0 bridgehead atoms. The molecule has 0 rings (SSSR count). The number of hydrogen-bond acceptors (Lipinski definition) is 3. The summed E-state index contributed by atoms with van der Waals surface area (Å²) >= 11 is 0. The minimum absolute atomic E-state index is 0.654. The zero-order valence-corrected chi connectivity index (χ0v) is 9.62. The van der Waals surface area contributed by atoms with E-state index in [4.69, 9.17) is 10.00 Å². The summed E-state index contributed by atoms with van der Waals surface area (Å²) < 4.78 is 5.05. The van der Waals surface area contributed by atoms with Crippen molar-refractivity contribution in [2.75, 3.05) is 33.4 Å².